The topological polar surface area (TPSA) is 66.6 Å². The maximum absolute atomic E-state index is 12.7. The molecule has 5 nitrogen and oxygen atoms in total. The Labute approximate surface area is 127 Å². The molecule has 1 aliphatic heterocycles. The van der Waals surface area contributed by atoms with Crippen LogP contribution in [0.25, 0.3) is 0 Å². The van der Waals surface area contributed by atoms with Crippen molar-refractivity contribution in [1.29, 1.82) is 0 Å². The Balaban J connectivity index is 2.11. The molecule has 1 aromatic carbocycles. The quantitative estimate of drug-likeness (QED) is 0.889. The summed E-state index contributed by atoms with van der Waals surface area (Å²) >= 11 is 0. The first kappa shape index (κ1) is 16.4. The molecule has 1 fully saturated rings. The zero-order chi connectivity index (χ0) is 15.5. The van der Waals surface area contributed by atoms with E-state index in [-0.39, 0.29) is 6.04 Å². The van der Waals surface area contributed by atoms with Crippen LogP contribution in [-0.2, 0) is 16.6 Å². The second kappa shape index (κ2) is 6.87. The molecular weight excluding hydrogens is 286 g/mol. The molecule has 2 N–H and O–H groups in total. The molecule has 1 saturated heterocycles. The van der Waals surface area contributed by atoms with E-state index in [1.165, 1.54) is 4.31 Å². The van der Waals surface area contributed by atoms with Crippen LogP contribution in [0.4, 0.5) is 0 Å². The summed E-state index contributed by atoms with van der Waals surface area (Å²) in [6, 6.07) is 6.94. The first-order valence-electron chi connectivity index (χ1n) is 7.48. The van der Waals surface area contributed by atoms with Crippen LogP contribution in [0.15, 0.2) is 29.2 Å². The Morgan fingerprint density at radius 3 is 2.29 bits per heavy atom. The molecule has 0 bridgehead atoms. The zero-order valence-corrected chi connectivity index (χ0v) is 13.6. The van der Waals surface area contributed by atoms with Gasteiger partial charge in [0.25, 0.3) is 0 Å². The molecule has 1 aromatic rings. The van der Waals surface area contributed by atoms with Crippen LogP contribution >= 0.6 is 0 Å². The maximum atomic E-state index is 12.7. The lowest BCUT2D eigenvalue weighted by molar-refractivity contribution is 0.176. The number of hydrogen-bond donors (Lipinski definition) is 1. The molecule has 0 spiro atoms. The third kappa shape index (κ3) is 3.63. The number of nitrogens with zero attached hydrogens (tertiary/aromatic N) is 2. The van der Waals surface area contributed by atoms with E-state index >= 15 is 0 Å². The minimum absolute atomic E-state index is 0.0898. The molecule has 118 valence electrons. The van der Waals surface area contributed by atoms with Gasteiger partial charge in [-0.05, 0) is 50.2 Å². The van der Waals surface area contributed by atoms with E-state index in [9.17, 15) is 8.42 Å². The monoisotopic (exact) mass is 311 g/mol. The van der Waals surface area contributed by atoms with Crippen molar-refractivity contribution in [3.05, 3.63) is 29.8 Å². The second-order valence-electron chi connectivity index (χ2n) is 5.53. The van der Waals surface area contributed by atoms with Crippen molar-refractivity contribution in [2.24, 2.45) is 5.73 Å². The molecule has 1 aliphatic rings. The van der Waals surface area contributed by atoms with Gasteiger partial charge in [0.05, 0.1) is 4.90 Å². The maximum Gasteiger partial charge on any atom is 0.243 e. The molecule has 1 heterocycles. The fourth-order valence-electron chi connectivity index (χ4n) is 2.76. The summed E-state index contributed by atoms with van der Waals surface area (Å²) in [5, 5.41) is 0. The van der Waals surface area contributed by atoms with Gasteiger partial charge in [-0.3, -0.25) is 0 Å². The number of rotatable bonds is 5. The molecule has 0 aliphatic carbocycles. The van der Waals surface area contributed by atoms with Gasteiger partial charge < -0.3 is 10.6 Å². The first-order chi connectivity index (χ1) is 9.98. The summed E-state index contributed by atoms with van der Waals surface area (Å²) in [5.41, 5.74) is 6.49. The van der Waals surface area contributed by atoms with Gasteiger partial charge in [0, 0.05) is 19.6 Å². The highest BCUT2D eigenvalue weighted by Gasteiger charge is 2.30. The Kier molecular flexibility index (Phi) is 5.37. The van der Waals surface area contributed by atoms with Gasteiger partial charge in [-0.2, -0.15) is 4.31 Å². The Bertz CT molecular complexity index is 549. The van der Waals surface area contributed by atoms with Crippen molar-refractivity contribution in [2.45, 2.75) is 37.2 Å². The minimum atomic E-state index is -3.41. The van der Waals surface area contributed by atoms with Crippen molar-refractivity contribution in [3.8, 4) is 0 Å². The molecule has 0 amide bonds. The van der Waals surface area contributed by atoms with Crippen molar-refractivity contribution in [2.75, 3.05) is 26.7 Å². The molecule has 0 atom stereocenters. The summed E-state index contributed by atoms with van der Waals surface area (Å²) in [6.45, 7) is 5.52. The molecule has 2 rings (SSSR count). The Morgan fingerprint density at radius 1 is 1.24 bits per heavy atom. The number of nitrogens with two attached hydrogens (primary N) is 1. The van der Waals surface area contributed by atoms with Crippen LogP contribution in [0.2, 0.25) is 0 Å². The van der Waals surface area contributed by atoms with Gasteiger partial charge in [-0.1, -0.05) is 19.1 Å². The van der Waals surface area contributed by atoms with Crippen molar-refractivity contribution < 1.29 is 8.42 Å². The molecule has 6 heteroatoms. The summed E-state index contributed by atoms with van der Waals surface area (Å²) in [7, 11) is -1.72. The smallest absolute Gasteiger partial charge is 0.243 e. The van der Waals surface area contributed by atoms with Crippen LogP contribution in [0.3, 0.4) is 0 Å². The third-order valence-corrected chi connectivity index (χ3v) is 6.28. The number of sulfonamides is 1. The number of hydrogen-bond acceptors (Lipinski definition) is 4. The van der Waals surface area contributed by atoms with Gasteiger partial charge in [0.15, 0.2) is 0 Å². The van der Waals surface area contributed by atoms with Gasteiger partial charge in [0.1, 0.15) is 0 Å². The zero-order valence-electron chi connectivity index (χ0n) is 12.8. The minimum Gasteiger partial charge on any atom is -0.326 e. The lowest BCUT2D eigenvalue weighted by Crippen LogP contribution is -2.45. The highest BCUT2D eigenvalue weighted by Crippen LogP contribution is 2.22. The molecule has 21 heavy (non-hydrogen) atoms. The summed E-state index contributed by atoms with van der Waals surface area (Å²) in [4.78, 5) is 2.70. The van der Waals surface area contributed by atoms with E-state index in [0.717, 1.165) is 38.0 Å². The fraction of sp³-hybridized carbons (Fsp3) is 0.600. The molecule has 0 aromatic heterocycles. The first-order valence-corrected chi connectivity index (χ1v) is 8.92. The normalized spacial score (nSPS) is 18.3. The molecule has 0 saturated carbocycles. The van der Waals surface area contributed by atoms with Crippen molar-refractivity contribution in [3.63, 3.8) is 0 Å². The van der Waals surface area contributed by atoms with Gasteiger partial charge >= 0.3 is 0 Å². The van der Waals surface area contributed by atoms with E-state index in [0.29, 0.717) is 11.4 Å². The molecule has 0 radical (unpaired) electrons. The lowest BCUT2D eigenvalue weighted by Gasteiger charge is -2.35. The summed E-state index contributed by atoms with van der Waals surface area (Å²) < 4.78 is 26.9. The predicted octanol–water partition coefficient (Wildman–Crippen LogP) is 1.25. The Morgan fingerprint density at radius 2 is 1.81 bits per heavy atom. The standard InChI is InChI=1S/C15H25N3O2S/c1-3-18-10-8-14(9-11-18)17(2)21(19,20)15-6-4-13(12-16)5-7-15/h4-7,14H,3,8-12,16H2,1-2H3. The van der Waals surface area contributed by atoms with Crippen LogP contribution in [-0.4, -0.2) is 50.3 Å². The highest BCUT2D eigenvalue weighted by atomic mass is 32.2. The second-order valence-corrected chi connectivity index (χ2v) is 7.53. The highest BCUT2D eigenvalue weighted by molar-refractivity contribution is 7.89. The van der Waals surface area contributed by atoms with Gasteiger partial charge in [-0.15, -0.1) is 0 Å². The van der Waals surface area contributed by atoms with E-state index < -0.39 is 10.0 Å². The van der Waals surface area contributed by atoms with Gasteiger partial charge in [-0.25, -0.2) is 8.42 Å². The third-order valence-electron chi connectivity index (χ3n) is 4.35. The summed E-state index contributed by atoms with van der Waals surface area (Å²) in [5.74, 6) is 0. The van der Waals surface area contributed by atoms with Crippen molar-refractivity contribution in [1.82, 2.24) is 9.21 Å². The number of piperidine rings is 1. The molecular formula is C15H25N3O2S. The average Bonchev–Trinajstić information content (AvgIpc) is 2.54. The number of benzene rings is 1. The van der Waals surface area contributed by atoms with Crippen LogP contribution in [0, 0.1) is 0 Å². The SMILES string of the molecule is CCN1CCC(N(C)S(=O)(=O)c2ccc(CN)cc2)CC1. The predicted molar refractivity (Wildman–Crippen MR) is 84.4 cm³/mol. The van der Waals surface area contributed by atoms with Crippen LogP contribution in [0.5, 0.6) is 0 Å². The van der Waals surface area contributed by atoms with E-state index in [1.54, 1.807) is 31.3 Å². The van der Waals surface area contributed by atoms with E-state index in [2.05, 4.69) is 11.8 Å². The average molecular weight is 311 g/mol. The van der Waals surface area contributed by atoms with E-state index in [1.807, 2.05) is 0 Å². The number of likely N-dealkylation sites (tertiary alicyclic amines) is 1. The fourth-order valence-corrected chi connectivity index (χ4v) is 4.18. The summed E-state index contributed by atoms with van der Waals surface area (Å²) in [6.07, 6.45) is 1.79. The molecule has 0 unspecified atom stereocenters. The van der Waals surface area contributed by atoms with Crippen LogP contribution in [0.1, 0.15) is 25.3 Å². The van der Waals surface area contributed by atoms with E-state index in [4.69, 9.17) is 5.73 Å². The largest absolute Gasteiger partial charge is 0.326 e. The lowest BCUT2D eigenvalue weighted by atomic mass is 10.1. The Hall–Kier alpha value is -0.950. The van der Waals surface area contributed by atoms with Crippen molar-refractivity contribution >= 4 is 10.0 Å². The van der Waals surface area contributed by atoms with Crippen LogP contribution < -0.4 is 5.73 Å². The van der Waals surface area contributed by atoms with Gasteiger partial charge in [0.2, 0.25) is 10.0 Å².